The third-order valence-corrected chi connectivity index (χ3v) is 5.11. The second-order valence-electron chi connectivity index (χ2n) is 7.61. The van der Waals surface area contributed by atoms with Crippen molar-refractivity contribution in [1.29, 1.82) is 0 Å². The number of likely N-dealkylation sites (tertiary alicyclic amines) is 1. The largest absolute Gasteiger partial charge is 0.491 e. The van der Waals surface area contributed by atoms with Gasteiger partial charge in [-0.05, 0) is 75.7 Å². The number of rotatable bonds is 6. The highest BCUT2D eigenvalue weighted by atomic mass is 16.5. The fraction of sp³-hybridized carbons (Fsp3) is 0.435. The number of hydrogen-bond acceptors (Lipinski definition) is 3. The summed E-state index contributed by atoms with van der Waals surface area (Å²) in [6, 6.07) is 16.3. The van der Waals surface area contributed by atoms with Crippen molar-refractivity contribution in [3.05, 3.63) is 54.1 Å². The first-order chi connectivity index (χ1) is 13.0. The van der Waals surface area contributed by atoms with E-state index in [2.05, 4.69) is 23.3 Å². The Morgan fingerprint density at radius 1 is 1.15 bits per heavy atom. The molecule has 0 aromatic heterocycles. The molecular weight excluding hydrogens is 336 g/mol. The zero-order valence-electron chi connectivity index (χ0n) is 16.6. The van der Waals surface area contributed by atoms with Crippen molar-refractivity contribution in [2.45, 2.75) is 45.3 Å². The van der Waals surface area contributed by atoms with Crippen molar-refractivity contribution in [2.75, 3.05) is 20.1 Å². The van der Waals surface area contributed by atoms with Crippen molar-refractivity contribution < 1.29 is 9.53 Å². The number of nitrogens with one attached hydrogen (secondary N) is 1. The van der Waals surface area contributed by atoms with Crippen LogP contribution < -0.4 is 10.1 Å². The Morgan fingerprint density at radius 2 is 1.93 bits per heavy atom. The lowest BCUT2D eigenvalue weighted by atomic mass is 10.0. The van der Waals surface area contributed by atoms with E-state index in [1.807, 2.05) is 56.3 Å². The quantitative estimate of drug-likeness (QED) is 0.826. The number of nitrogens with zero attached hydrogens (tertiary/aromatic N) is 1. The smallest absolute Gasteiger partial charge is 0.251 e. The van der Waals surface area contributed by atoms with Gasteiger partial charge in [0.2, 0.25) is 0 Å². The molecule has 1 N–H and O–H groups in total. The number of likely N-dealkylation sites (N-methyl/N-ethyl adjacent to an activating group) is 1. The van der Waals surface area contributed by atoms with E-state index in [9.17, 15) is 4.79 Å². The number of amides is 1. The Kier molecular flexibility index (Phi) is 6.51. The van der Waals surface area contributed by atoms with Gasteiger partial charge in [-0.3, -0.25) is 4.79 Å². The van der Waals surface area contributed by atoms with Crippen LogP contribution in [0.15, 0.2) is 48.5 Å². The average molecular weight is 367 g/mol. The van der Waals surface area contributed by atoms with Crippen LogP contribution in [0.5, 0.6) is 5.75 Å². The first-order valence-corrected chi connectivity index (χ1v) is 9.88. The molecule has 0 bridgehead atoms. The fourth-order valence-corrected chi connectivity index (χ4v) is 3.55. The lowest BCUT2D eigenvalue weighted by Gasteiger charge is -2.32. The SMILES string of the molecule is CC(C)Oc1cccc(-c2ccc(C(=O)NC[C@H]3CCCCN3C)cc2)c1. The molecule has 1 atom stereocenters. The molecule has 3 rings (SSSR count). The summed E-state index contributed by atoms with van der Waals surface area (Å²) in [7, 11) is 2.14. The number of ether oxygens (including phenoxy) is 1. The van der Waals surface area contributed by atoms with E-state index in [4.69, 9.17) is 4.74 Å². The van der Waals surface area contributed by atoms with E-state index >= 15 is 0 Å². The normalized spacial score (nSPS) is 17.7. The highest BCUT2D eigenvalue weighted by Crippen LogP contribution is 2.25. The molecule has 2 aromatic rings. The molecule has 1 amide bonds. The van der Waals surface area contributed by atoms with Gasteiger partial charge in [0.25, 0.3) is 5.91 Å². The second-order valence-corrected chi connectivity index (χ2v) is 7.61. The van der Waals surface area contributed by atoms with Crippen molar-refractivity contribution in [3.8, 4) is 16.9 Å². The summed E-state index contributed by atoms with van der Waals surface area (Å²) in [5, 5.41) is 3.09. The third-order valence-electron chi connectivity index (χ3n) is 5.11. The molecule has 0 saturated carbocycles. The summed E-state index contributed by atoms with van der Waals surface area (Å²) in [5.74, 6) is 0.860. The lowest BCUT2D eigenvalue weighted by Crippen LogP contribution is -2.44. The minimum atomic E-state index is -0.00239. The van der Waals surface area contributed by atoms with Crippen LogP contribution >= 0.6 is 0 Å². The third kappa shape index (κ3) is 5.33. The fourth-order valence-electron chi connectivity index (χ4n) is 3.55. The number of benzene rings is 2. The number of hydrogen-bond donors (Lipinski definition) is 1. The summed E-state index contributed by atoms with van der Waals surface area (Å²) in [4.78, 5) is 14.8. The molecule has 2 aromatic carbocycles. The highest BCUT2D eigenvalue weighted by molar-refractivity contribution is 5.94. The highest BCUT2D eigenvalue weighted by Gasteiger charge is 2.19. The van der Waals surface area contributed by atoms with Crippen LogP contribution in [0.25, 0.3) is 11.1 Å². The summed E-state index contributed by atoms with van der Waals surface area (Å²) in [6.07, 6.45) is 3.81. The van der Waals surface area contributed by atoms with Crippen molar-refractivity contribution in [1.82, 2.24) is 10.2 Å². The van der Waals surface area contributed by atoms with Crippen molar-refractivity contribution in [2.24, 2.45) is 0 Å². The molecule has 1 heterocycles. The Hall–Kier alpha value is -2.33. The van der Waals surface area contributed by atoms with Gasteiger partial charge >= 0.3 is 0 Å². The number of carbonyl (C=O) groups excluding carboxylic acids is 1. The van der Waals surface area contributed by atoms with Gasteiger partial charge in [0.1, 0.15) is 5.75 Å². The van der Waals surface area contributed by atoms with Crippen molar-refractivity contribution in [3.63, 3.8) is 0 Å². The maximum absolute atomic E-state index is 12.5. The first kappa shape index (κ1) is 19.4. The topological polar surface area (TPSA) is 41.6 Å². The molecule has 27 heavy (non-hydrogen) atoms. The van der Waals surface area contributed by atoms with Gasteiger partial charge in [-0.1, -0.05) is 30.7 Å². The van der Waals surface area contributed by atoms with Crippen LogP contribution in [0, 0.1) is 0 Å². The summed E-state index contributed by atoms with van der Waals surface area (Å²) >= 11 is 0. The molecule has 1 saturated heterocycles. The minimum Gasteiger partial charge on any atom is -0.491 e. The predicted molar refractivity (Wildman–Crippen MR) is 110 cm³/mol. The van der Waals surface area contributed by atoms with Gasteiger partial charge in [0.05, 0.1) is 6.10 Å². The monoisotopic (exact) mass is 366 g/mol. The molecule has 1 aliphatic heterocycles. The van der Waals surface area contributed by atoms with Gasteiger partial charge in [-0.25, -0.2) is 0 Å². The lowest BCUT2D eigenvalue weighted by molar-refractivity contribution is 0.0928. The standard InChI is InChI=1S/C23H30N2O2/c1-17(2)27-22-9-6-7-20(15-22)18-10-12-19(13-11-18)23(26)24-16-21-8-4-5-14-25(21)3/h6-7,9-13,15,17,21H,4-5,8,14,16H2,1-3H3,(H,24,26)/t21-/m1/s1. The van der Waals surface area contributed by atoms with E-state index in [1.165, 1.54) is 12.8 Å². The van der Waals surface area contributed by atoms with Gasteiger partial charge in [0, 0.05) is 18.2 Å². The van der Waals surface area contributed by atoms with E-state index in [1.54, 1.807) is 0 Å². The molecule has 1 aliphatic rings. The number of carbonyl (C=O) groups is 1. The second kappa shape index (κ2) is 9.05. The van der Waals surface area contributed by atoms with Gasteiger partial charge in [0.15, 0.2) is 0 Å². The zero-order chi connectivity index (χ0) is 19.2. The molecule has 0 radical (unpaired) electrons. The van der Waals surface area contributed by atoms with Crippen LogP contribution in [-0.2, 0) is 0 Å². The summed E-state index contributed by atoms with van der Waals surface area (Å²) in [6.45, 7) is 5.87. The van der Waals surface area contributed by atoms with E-state index in [0.717, 1.165) is 29.8 Å². The summed E-state index contributed by atoms with van der Waals surface area (Å²) < 4.78 is 5.77. The van der Waals surface area contributed by atoms with Gasteiger partial charge < -0.3 is 15.0 Å². The molecule has 1 fully saturated rings. The zero-order valence-corrected chi connectivity index (χ0v) is 16.6. The number of piperidine rings is 1. The molecule has 0 spiro atoms. The predicted octanol–water partition coefficient (Wildman–Crippen LogP) is 4.35. The van der Waals surface area contributed by atoms with E-state index in [0.29, 0.717) is 18.2 Å². The first-order valence-electron chi connectivity index (χ1n) is 9.88. The molecule has 144 valence electrons. The molecular formula is C23H30N2O2. The van der Waals surface area contributed by atoms with Crippen LogP contribution in [0.2, 0.25) is 0 Å². The Morgan fingerprint density at radius 3 is 2.63 bits per heavy atom. The maximum Gasteiger partial charge on any atom is 0.251 e. The Balaban J connectivity index is 1.62. The molecule has 0 unspecified atom stereocenters. The van der Waals surface area contributed by atoms with Crippen LogP contribution in [0.4, 0.5) is 0 Å². The van der Waals surface area contributed by atoms with Crippen LogP contribution in [0.1, 0.15) is 43.5 Å². The maximum atomic E-state index is 12.5. The van der Waals surface area contributed by atoms with Gasteiger partial charge in [-0.2, -0.15) is 0 Å². The Bertz CT molecular complexity index is 755. The molecule has 4 heteroatoms. The van der Waals surface area contributed by atoms with E-state index in [-0.39, 0.29) is 12.0 Å². The molecule has 4 nitrogen and oxygen atoms in total. The van der Waals surface area contributed by atoms with Crippen LogP contribution in [-0.4, -0.2) is 43.1 Å². The van der Waals surface area contributed by atoms with E-state index < -0.39 is 0 Å². The van der Waals surface area contributed by atoms with Crippen molar-refractivity contribution >= 4 is 5.91 Å². The Labute approximate surface area is 162 Å². The minimum absolute atomic E-state index is 0.00239. The summed E-state index contributed by atoms with van der Waals surface area (Å²) in [5.41, 5.74) is 2.86. The molecule has 0 aliphatic carbocycles. The van der Waals surface area contributed by atoms with Gasteiger partial charge in [-0.15, -0.1) is 0 Å². The average Bonchev–Trinajstić information content (AvgIpc) is 2.67. The van der Waals surface area contributed by atoms with Crippen LogP contribution in [0.3, 0.4) is 0 Å².